The summed E-state index contributed by atoms with van der Waals surface area (Å²) < 4.78 is 45.3. The van der Waals surface area contributed by atoms with Crippen LogP contribution in [0.2, 0.25) is 0 Å². The molecule has 2 aromatic heterocycles. The Morgan fingerprint density at radius 1 is 1.29 bits per heavy atom. The maximum absolute atomic E-state index is 12.3. The second-order valence-corrected chi connectivity index (χ2v) is 4.91. The van der Waals surface area contributed by atoms with Gasteiger partial charge in [0.15, 0.2) is 11.5 Å². The van der Waals surface area contributed by atoms with Crippen molar-refractivity contribution in [3.8, 4) is 23.0 Å². The zero-order chi connectivity index (χ0) is 18.1. The molecule has 0 aliphatic rings. The molecule has 12 heteroatoms. The maximum Gasteiger partial charge on any atom is 0.491 e. The summed E-state index contributed by atoms with van der Waals surface area (Å²) in [5.41, 5.74) is 5.23. The molecule has 0 fully saturated rings. The number of rotatable bonds is 3. The highest BCUT2D eigenvalue weighted by molar-refractivity contribution is 7.08. The van der Waals surface area contributed by atoms with Gasteiger partial charge in [-0.3, -0.25) is 0 Å². The Bertz CT molecular complexity index is 806. The molecule has 0 aromatic carbocycles. The Kier molecular flexibility index (Phi) is 4.59. The fraction of sp³-hybridized carbons (Fsp3) is 0.167. The molecule has 2 heterocycles. The van der Waals surface area contributed by atoms with E-state index in [4.69, 9.17) is 5.73 Å². The first-order valence-electron chi connectivity index (χ1n) is 5.95. The molecule has 8 nitrogen and oxygen atoms in total. The largest absolute Gasteiger partial charge is 0.501 e. The fourth-order valence-corrected chi connectivity index (χ4v) is 2.22. The second kappa shape index (κ2) is 6.31. The Hall–Kier alpha value is -2.89. The predicted molar refractivity (Wildman–Crippen MR) is 74.5 cm³/mol. The zero-order valence-corrected chi connectivity index (χ0v) is 12.6. The van der Waals surface area contributed by atoms with Crippen molar-refractivity contribution in [1.82, 2.24) is 9.97 Å². The van der Waals surface area contributed by atoms with E-state index in [1.165, 1.54) is 10.8 Å². The first-order chi connectivity index (χ1) is 11.1. The molecule has 0 amide bonds. The van der Waals surface area contributed by atoms with Crippen LogP contribution in [0.15, 0.2) is 10.8 Å². The summed E-state index contributed by atoms with van der Waals surface area (Å²) in [5, 5.41) is 12.7. The number of carbonyl (C=O) groups excluding carboxylic acids is 2. The normalized spacial score (nSPS) is 11.2. The highest BCUT2D eigenvalue weighted by Crippen LogP contribution is 2.34. The summed E-state index contributed by atoms with van der Waals surface area (Å²) in [7, 11) is 0.962. The quantitative estimate of drug-likeness (QED) is 0.790. The molecule has 0 aliphatic heterocycles. The fourth-order valence-electron chi connectivity index (χ4n) is 1.50. The Morgan fingerprint density at radius 3 is 2.46 bits per heavy atom. The van der Waals surface area contributed by atoms with E-state index in [0.717, 1.165) is 18.4 Å². The van der Waals surface area contributed by atoms with Crippen LogP contribution in [0.1, 0.15) is 10.5 Å². The van der Waals surface area contributed by atoms with Crippen LogP contribution in [0.3, 0.4) is 0 Å². The molecule has 0 aliphatic carbocycles. The van der Waals surface area contributed by atoms with E-state index >= 15 is 0 Å². The van der Waals surface area contributed by atoms with Crippen LogP contribution < -0.4 is 10.5 Å². The van der Waals surface area contributed by atoms with Crippen molar-refractivity contribution in [2.24, 2.45) is 0 Å². The molecule has 0 bridgehead atoms. The van der Waals surface area contributed by atoms with Gasteiger partial charge in [-0.2, -0.15) is 18.2 Å². The van der Waals surface area contributed by atoms with Crippen molar-refractivity contribution < 1.29 is 37.3 Å². The van der Waals surface area contributed by atoms with Crippen LogP contribution in [-0.2, 0) is 9.53 Å². The van der Waals surface area contributed by atoms with Crippen molar-refractivity contribution in [2.75, 3.05) is 12.8 Å². The minimum Gasteiger partial charge on any atom is -0.501 e. The SMILES string of the molecule is COC(=O)c1nc(-c2cscc2N)nc(OC(=O)C(F)(F)F)c1O. The average Bonchev–Trinajstić information content (AvgIpc) is 2.93. The van der Waals surface area contributed by atoms with Crippen LogP contribution >= 0.6 is 11.3 Å². The van der Waals surface area contributed by atoms with Gasteiger partial charge >= 0.3 is 18.1 Å². The first-order valence-corrected chi connectivity index (χ1v) is 6.89. The van der Waals surface area contributed by atoms with Crippen LogP contribution in [0.5, 0.6) is 11.6 Å². The van der Waals surface area contributed by atoms with Gasteiger partial charge in [-0.15, -0.1) is 11.3 Å². The molecule has 0 spiro atoms. The van der Waals surface area contributed by atoms with E-state index in [1.54, 1.807) is 0 Å². The van der Waals surface area contributed by atoms with Crippen molar-refractivity contribution in [1.29, 1.82) is 0 Å². The van der Waals surface area contributed by atoms with Crippen LogP contribution in [-0.4, -0.2) is 40.3 Å². The molecule has 0 unspecified atom stereocenters. The second-order valence-electron chi connectivity index (χ2n) is 4.17. The molecule has 0 saturated carbocycles. The summed E-state index contributed by atoms with van der Waals surface area (Å²) in [6.07, 6.45) is -5.33. The molecule has 0 saturated heterocycles. The van der Waals surface area contributed by atoms with E-state index in [2.05, 4.69) is 19.4 Å². The van der Waals surface area contributed by atoms with Gasteiger partial charge < -0.3 is 20.3 Å². The lowest BCUT2D eigenvalue weighted by Crippen LogP contribution is -2.28. The number of carbonyl (C=O) groups is 2. The lowest BCUT2D eigenvalue weighted by molar-refractivity contribution is -0.190. The molecule has 128 valence electrons. The average molecular weight is 363 g/mol. The Morgan fingerprint density at radius 2 is 1.96 bits per heavy atom. The molecule has 3 N–H and O–H groups in total. The van der Waals surface area contributed by atoms with E-state index < -0.39 is 35.4 Å². The lowest BCUT2D eigenvalue weighted by Gasteiger charge is -2.11. The molecule has 2 rings (SSSR count). The smallest absolute Gasteiger partial charge is 0.491 e. The van der Waals surface area contributed by atoms with E-state index in [9.17, 15) is 27.9 Å². The van der Waals surface area contributed by atoms with E-state index in [-0.39, 0.29) is 17.1 Å². The zero-order valence-electron chi connectivity index (χ0n) is 11.7. The number of halogens is 3. The number of aromatic hydroxyl groups is 1. The van der Waals surface area contributed by atoms with Crippen LogP contribution in [0.4, 0.5) is 18.9 Å². The molecule has 0 radical (unpaired) electrons. The third kappa shape index (κ3) is 3.37. The molecular weight excluding hydrogens is 355 g/mol. The molecule has 24 heavy (non-hydrogen) atoms. The van der Waals surface area contributed by atoms with Crippen molar-refractivity contribution >= 4 is 29.0 Å². The van der Waals surface area contributed by atoms with Crippen molar-refractivity contribution in [3.05, 3.63) is 16.5 Å². The highest BCUT2D eigenvalue weighted by Gasteiger charge is 2.42. The van der Waals surface area contributed by atoms with Crippen LogP contribution in [0, 0.1) is 0 Å². The summed E-state index contributed by atoms with van der Waals surface area (Å²) in [5.74, 6) is -6.44. The number of hydrogen-bond donors (Lipinski definition) is 2. The monoisotopic (exact) mass is 363 g/mol. The van der Waals surface area contributed by atoms with Crippen molar-refractivity contribution in [3.63, 3.8) is 0 Å². The Balaban J connectivity index is 2.59. The third-order valence-electron chi connectivity index (χ3n) is 2.58. The molecular formula is C12H8F3N3O5S. The predicted octanol–water partition coefficient (Wildman–Crippen LogP) is 1.75. The number of nitrogens with two attached hydrogens (primary N) is 1. The van der Waals surface area contributed by atoms with Crippen LogP contribution in [0.25, 0.3) is 11.4 Å². The number of aromatic nitrogens is 2. The Labute approximate surface area is 135 Å². The molecule has 2 aromatic rings. The summed E-state index contributed by atoms with van der Waals surface area (Å²) >= 11 is 1.14. The number of nitrogens with zero attached hydrogens (tertiary/aromatic N) is 2. The summed E-state index contributed by atoms with van der Waals surface area (Å²) in [4.78, 5) is 29.8. The summed E-state index contributed by atoms with van der Waals surface area (Å²) in [6.45, 7) is 0. The van der Waals surface area contributed by atoms with E-state index in [1.807, 2.05) is 0 Å². The topological polar surface area (TPSA) is 125 Å². The third-order valence-corrected chi connectivity index (χ3v) is 3.35. The highest BCUT2D eigenvalue weighted by atomic mass is 32.1. The lowest BCUT2D eigenvalue weighted by atomic mass is 10.2. The number of nitrogen functional groups attached to an aromatic ring is 1. The number of hydrogen-bond acceptors (Lipinski definition) is 9. The number of esters is 2. The van der Waals surface area contributed by atoms with Crippen molar-refractivity contribution in [2.45, 2.75) is 6.18 Å². The number of anilines is 1. The number of alkyl halides is 3. The first kappa shape index (κ1) is 17.5. The molecule has 0 atom stereocenters. The van der Waals surface area contributed by atoms with Gasteiger partial charge in [-0.05, 0) is 0 Å². The van der Waals surface area contributed by atoms with Gasteiger partial charge in [0.05, 0.1) is 18.4 Å². The number of ether oxygens (including phenoxy) is 2. The van der Waals surface area contributed by atoms with E-state index in [0.29, 0.717) is 0 Å². The maximum atomic E-state index is 12.3. The van der Waals surface area contributed by atoms with Gasteiger partial charge in [0, 0.05) is 10.8 Å². The van der Waals surface area contributed by atoms with Gasteiger partial charge in [0.25, 0.3) is 5.88 Å². The minimum absolute atomic E-state index is 0.175. The van der Waals surface area contributed by atoms with Gasteiger partial charge in [-0.1, -0.05) is 0 Å². The van der Waals surface area contributed by atoms with Gasteiger partial charge in [0.1, 0.15) is 0 Å². The van der Waals surface area contributed by atoms with Gasteiger partial charge in [0.2, 0.25) is 5.75 Å². The standard InChI is InChI=1S/C12H8F3N3O5S/c1-22-10(20)6-7(19)9(23-11(21)12(13,14)15)18-8(17-6)4-2-24-3-5(4)16/h2-3,19H,16H2,1H3. The van der Waals surface area contributed by atoms with Gasteiger partial charge in [-0.25, -0.2) is 14.6 Å². The summed E-state index contributed by atoms with van der Waals surface area (Å²) in [6, 6.07) is 0. The minimum atomic E-state index is -5.33. The number of thiophene rings is 1. The number of methoxy groups -OCH3 is 1.